The average molecular weight is 438 g/mol. The molecular formula is C18H30Br2O2. The Morgan fingerprint density at radius 3 is 2.45 bits per heavy atom. The summed E-state index contributed by atoms with van der Waals surface area (Å²) in [7, 11) is 0. The highest BCUT2D eigenvalue weighted by Gasteiger charge is 2.14. The second-order valence-corrected chi connectivity index (χ2v) is 7.65. The van der Waals surface area contributed by atoms with E-state index >= 15 is 0 Å². The third-order valence-corrected chi connectivity index (χ3v) is 6.19. The van der Waals surface area contributed by atoms with Gasteiger partial charge in [0.25, 0.3) is 0 Å². The fourth-order valence-corrected chi connectivity index (χ4v) is 4.03. The van der Waals surface area contributed by atoms with Crippen LogP contribution in [-0.4, -0.2) is 29.7 Å². The minimum absolute atomic E-state index is 0.0580. The largest absolute Gasteiger partial charge is 0.378 e. The van der Waals surface area contributed by atoms with Crippen LogP contribution < -0.4 is 0 Å². The Bertz CT molecular complexity index is 268. The van der Waals surface area contributed by atoms with Crippen molar-refractivity contribution in [3.8, 4) is 0 Å². The van der Waals surface area contributed by atoms with Gasteiger partial charge >= 0.3 is 0 Å². The highest BCUT2D eigenvalue weighted by atomic mass is 79.9. The second-order valence-electron chi connectivity index (χ2n) is 6.35. The predicted molar refractivity (Wildman–Crippen MR) is 100 cm³/mol. The van der Waals surface area contributed by atoms with E-state index in [1.54, 1.807) is 0 Å². The van der Waals surface area contributed by atoms with Gasteiger partial charge in [0.15, 0.2) is 0 Å². The maximum atomic E-state index is 10.7. The molecule has 0 spiro atoms. The van der Waals surface area contributed by atoms with Crippen molar-refractivity contribution < 1.29 is 9.53 Å². The molecule has 0 saturated heterocycles. The minimum atomic E-state index is 0.0580. The molecule has 128 valence electrons. The molecule has 0 aromatic rings. The summed E-state index contributed by atoms with van der Waals surface area (Å²) < 4.78 is 5.95. The van der Waals surface area contributed by atoms with Crippen LogP contribution in [0.3, 0.4) is 0 Å². The van der Waals surface area contributed by atoms with E-state index in [2.05, 4.69) is 44.6 Å². The molecule has 0 heterocycles. The van der Waals surface area contributed by atoms with Crippen molar-refractivity contribution >= 4 is 38.1 Å². The Hall–Kier alpha value is 0.590. The Balaban J connectivity index is 1.97. The molecule has 2 radical (unpaired) electrons. The molecule has 1 rings (SSSR count). The van der Waals surface area contributed by atoms with E-state index in [9.17, 15) is 4.79 Å². The second kappa shape index (κ2) is 14.0. The van der Waals surface area contributed by atoms with Crippen LogP contribution in [0.1, 0.15) is 64.2 Å². The molecule has 2 nitrogen and oxygen atoms in total. The van der Waals surface area contributed by atoms with Gasteiger partial charge in [-0.1, -0.05) is 44.7 Å². The van der Waals surface area contributed by atoms with E-state index in [-0.39, 0.29) is 5.92 Å². The number of halogens is 2. The SMILES string of the molecule is O=[C]C(CBr)CCC(CBr)CCCCCOC1CC[CH]CC1. The summed E-state index contributed by atoms with van der Waals surface area (Å²) in [5, 5.41) is 1.78. The number of alkyl halides is 2. The Morgan fingerprint density at radius 2 is 1.82 bits per heavy atom. The molecule has 0 aliphatic heterocycles. The van der Waals surface area contributed by atoms with Crippen LogP contribution in [0.15, 0.2) is 0 Å². The zero-order valence-corrected chi connectivity index (χ0v) is 16.7. The molecule has 1 aliphatic rings. The third-order valence-electron chi connectivity index (χ3n) is 4.49. The number of unbranched alkanes of at least 4 members (excludes halogenated alkanes) is 2. The summed E-state index contributed by atoms with van der Waals surface area (Å²) in [6, 6.07) is 0. The van der Waals surface area contributed by atoms with E-state index < -0.39 is 0 Å². The summed E-state index contributed by atoms with van der Waals surface area (Å²) in [5.41, 5.74) is 0. The van der Waals surface area contributed by atoms with Crippen molar-refractivity contribution in [3.05, 3.63) is 6.42 Å². The zero-order chi connectivity index (χ0) is 16.0. The summed E-state index contributed by atoms with van der Waals surface area (Å²) in [6.45, 7) is 0.926. The molecule has 2 unspecified atom stereocenters. The lowest BCUT2D eigenvalue weighted by atomic mass is 9.94. The van der Waals surface area contributed by atoms with Gasteiger partial charge in [-0.2, -0.15) is 0 Å². The highest BCUT2D eigenvalue weighted by Crippen LogP contribution is 2.22. The van der Waals surface area contributed by atoms with Crippen LogP contribution in [0.5, 0.6) is 0 Å². The molecule has 22 heavy (non-hydrogen) atoms. The number of ether oxygens (including phenoxy) is 1. The van der Waals surface area contributed by atoms with Crippen LogP contribution in [0.25, 0.3) is 0 Å². The summed E-state index contributed by atoms with van der Waals surface area (Å²) >= 11 is 6.98. The quantitative estimate of drug-likeness (QED) is 0.276. The minimum Gasteiger partial charge on any atom is -0.378 e. The van der Waals surface area contributed by atoms with E-state index in [4.69, 9.17) is 4.74 Å². The van der Waals surface area contributed by atoms with Crippen molar-refractivity contribution in [2.75, 3.05) is 17.3 Å². The third kappa shape index (κ3) is 9.67. The molecule has 1 fully saturated rings. The predicted octanol–water partition coefficient (Wildman–Crippen LogP) is 5.62. The van der Waals surface area contributed by atoms with Crippen molar-refractivity contribution in [2.24, 2.45) is 11.8 Å². The number of carbonyl (C=O) groups excluding carboxylic acids is 1. The van der Waals surface area contributed by atoms with Gasteiger partial charge in [0, 0.05) is 23.2 Å². The molecule has 0 N–H and O–H groups in total. The van der Waals surface area contributed by atoms with Gasteiger partial charge in [-0.3, -0.25) is 4.79 Å². The smallest absolute Gasteiger partial charge is 0.202 e. The summed E-state index contributed by atoms with van der Waals surface area (Å²) in [5.74, 6) is 0.743. The molecule has 1 aliphatic carbocycles. The van der Waals surface area contributed by atoms with Gasteiger partial charge < -0.3 is 4.74 Å². The van der Waals surface area contributed by atoms with E-state index in [0.29, 0.717) is 12.0 Å². The van der Waals surface area contributed by atoms with Crippen LogP contribution >= 0.6 is 31.9 Å². The van der Waals surface area contributed by atoms with Crippen molar-refractivity contribution in [2.45, 2.75) is 70.3 Å². The number of hydrogen-bond donors (Lipinski definition) is 0. The number of hydrogen-bond acceptors (Lipinski definition) is 2. The van der Waals surface area contributed by atoms with Gasteiger partial charge in [0.2, 0.25) is 6.29 Å². The van der Waals surface area contributed by atoms with Crippen LogP contribution in [0.4, 0.5) is 0 Å². The summed E-state index contributed by atoms with van der Waals surface area (Å²) in [4.78, 5) is 10.7. The molecule has 1 saturated carbocycles. The van der Waals surface area contributed by atoms with Crippen LogP contribution in [-0.2, 0) is 9.53 Å². The maximum Gasteiger partial charge on any atom is 0.202 e. The first kappa shape index (κ1) is 20.6. The fourth-order valence-electron chi connectivity index (χ4n) is 2.93. The zero-order valence-electron chi connectivity index (χ0n) is 13.6. The monoisotopic (exact) mass is 436 g/mol. The van der Waals surface area contributed by atoms with Gasteiger partial charge in [-0.25, -0.2) is 0 Å². The van der Waals surface area contributed by atoms with Crippen LogP contribution in [0, 0.1) is 18.3 Å². The Labute approximate surface area is 153 Å². The van der Waals surface area contributed by atoms with Crippen molar-refractivity contribution in [1.82, 2.24) is 0 Å². The highest BCUT2D eigenvalue weighted by molar-refractivity contribution is 9.09. The first-order valence-corrected chi connectivity index (χ1v) is 11.0. The van der Waals surface area contributed by atoms with Crippen molar-refractivity contribution in [3.63, 3.8) is 0 Å². The first-order valence-electron chi connectivity index (χ1n) is 8.73. The fraction of sp³-hybridized carbons (Fsp3) is 0.889. The van der Waals surface area contributed by atoms with Gasteiger partial charge in [-0.15, -0.1) is 0 Å². The number of rotatable bonds is 13. The van der Waals surface area contributed by atoms with Gasteiger partial charge in [0.1, 0.15) is 0 Å². The molecule has 0 bridgehead atoms. The van der Waals surface area contributed by atoms with Crippen LogP contribution in [0.2, 0.25) is 0 Å². The molecule has 4 heteroatoms. The standard InChI is InChI=1S/C18H30Br2O2/c19-13-16(10-11-17(14-20)15-21)7-3-2-6-12-22-18-8-4-1-5-9-18/h1,16-18H,2-14H2. The summed E-state index contributed by atoms with van der Waals surface area (Å²) in [6.07, 6.45) is 16.9. The first-order chi connectivity index (χ1) is 10.8. The van der Waals surface area contributed by atoms with Crippen molar-refractivity contribution in [1.29, 1.82) is 0 Å². The molecule has 0 aromatic carbocycles. The maximum absolute atomic E-state index is 10.7. The molecule has 0 amide bonds. The van der Waals surface area contributed by atoms with E-state index in [0.717, 1.165) is 30.1 Å². The molecular weight excluding hydrogens is 408 g/mol. The lowest BCUT2D eigenvalue weighted by molar-refractivity contribution is 0.0325. The van der Waals surface area contributed by atoms with E-state index in [1.807, 2.05) is 0 Å². The Morgan fingerprint density at radius 1 is 1.05 bits per heavy atom. The normalized spacial score (nSPS) is 19.0. The average Bonchev–Trinajstić information content (AvgIpc) is 2.57. The topological polar surface area (TPSA) is 26.3 Å². The lowest BCUT2D eigenvalue weighted by Gasteiger charge is -2.21. The van der Waals surface area contributed by atoms with Gasteiger partial charge in [-0.05, 0) is 63.7 Å². The van der Waals surface area contributed by atoms with Gasteiger partial charge in [0.05, 0.1) is 6.10 Å². The molecule has 0 aromatic heterocycles. The Kier molecular flexibility index (Phi) is 13.1. The molecule has 2 atom stereocenters. The van der Waals surface area contributed by atoms with E-state index in [1.165, 1.54) is 51.4 Å². The lowest BCUT2D eigenvalue weighted by Crippen LogP contribution is -2.17.